The molecule has 8 nitrogen and oxygen atoms in total. The first-order valence-corrected chi connectivity index (χ1v) is 9.43. The highest BCUT2D eigenvalue weighted by Gasteiger charge is 2.37. The molecule has 0 aliphatic carbocycles. The minimum absolute atomic E-state index is 0.152. The van der Waals surface area contributed by atoms with E-state index in [1.54, 1.807) is 7.05 Å². The van der Waals surface area contributed by atoms with Crippen LogP contribution in [0.1, 0.15) is 24.0 Å². The van der Waals surface area contributed by atoms with Crippen molar-refractivity contribution in [2.75, 3.05) is 33.7 Å². The lowest BCUT2D eigenvalue weighted by Gasteiger charge is -2.39. The summed E-state index contributed by atoms with van der Waals surface area (Å²) < 4.78 is 0. The van der Waals surface area contributed by atoms with Gasteiger partial charge in [-0.25, -0.2) is 4.99 Å². The van der Waals surface area contributed by atoms with Gasteiger partial charge in [-0.1, -0.05) is 24.3 Å². The number of nitrogens with one attached hydrogen (secondary N) is 2. The number of piperidine rings is 1. The third kappa shape index (κ3) is 4.14. The van der Waals surface area contributed by atoms with Crippen LogP contribution in [-0.4, -0.2) is 72.2 Å². The minimum Gasteiger partial charge on any atom is -0.388 e. The number of carbonyl (C=O) groups excluding carboxylic acids is 1. The van der Waals surface area contributed by atoms with Gasteiger partial charge in [0.25, 0.3) is 5.91 Å². The van der Waals surface area contributed by atoms with Crippen LogP contribution in [0.25, 0.3) is 5.70 Å². The number of carbonyl (C=O) groups is 1. The molecular formula is C20H28N6O2. The fraction of sp³-hybridized carbons (Fsp3) is 0.450. The second-order valence-corrected chi connectivity index (χ2v) is 7.45. The number of rotatable bonds is 5. The Bertz CT molecular complexity index is 806. The third-order valence-electron chi connectivity index (χ3n) is 5.39. The first-order chi connectivity index (χ1) is 13.4. The summed E-state index contributed by atoms with van der Waals surface area (Å²) in [7, 11) is 3.75. The average molecular weight is 384 g/mol. The summed E-state index contributed by atoms with van der Waals surface area (Å²) >= 11 is 0. The number of nitrogens with zero attached hydrogens (tertiary/aromatic N) is 3. The zero-order valence-corrected chi connectivity index (χ0v) is 16.4. The Morgan fingerprint density at radius 1 is 1.32 bits per heavy atom. The van der Waals surface area contributed by atoms with Crippen molar-refractivity contribution in [2.45, 2.75) is 25.0 Å². The SMILES string of the molecule is CN/C(=C1/N=CN(CC2(O)CCN(C)CC2)C(=O)C1=N)c1ccc(CN)cc1. The molecule has 0 saturated carbocycles. The lowest BCUT2D eigenvalue weighted by atomic mass is 9.91. The van der Waals surface area contributed by atoms with Gasteiger partial charge in [0.15, 0.2) is 0 Å². The summed E-state index contributed by atoms with van der Waals surface area (Å²) in [6.07, 6.45) is 2.61. The van der Waals surface area contributed by atoms with Crippen LogP contribution in [0.2, 0.25) is 0 Å². The fourth-order valence-electron chi connectivity index (χ4n) is 3.51. The molecule has 0 aromatic heterocycles. The Morgan fingerprint density at radius 3 is 2.54 bits per heavy atom. The maximum Gasteiger partial charge on any atom is 0.279 e. The minimum atomic E-state index is -0.945. The van der Waals surface area contributed by atoms with E-state index >= 15 is 0 Å². The Labute approximate surface area is 165 Å². The molecule has 0 unspecified atom stereocenters. The molecule has 1 aromatic carbocycles. The highest BCUT2D eigenvalue weighted by atomic mass is 16.3. The molecule has 0 radical (unpaired) electrons. The zero-order valence-electron chi connectivity index (χ0n) is 16.4. The van der Waals surface area contributed by atoms with Crippen LogP contribution in [0, 0.1) is 5.41 Å². The van der Waals surface area contributed by atoms with Crippen LogP contribution in [0.15, 0.2) is 35.0 Å². The summed E-state index contributed by atoms with van der Waals surface area (Å²) in [4.78, 5) is 20.6. The van der Waals surface area contributed by atoms with Gasteiger partial charge in [-0.15, -0.1) is 0 Å². The zero-order chi connectivity index (χ0) is 20.3. The van der Waals surface area contributed by atoms with Gasteiger partial charge in [0.1, 0.15) is 11.4 Å². The van der Waals surface area contributed by atoms with Gasteiger partial charge in [-0.3, -0.25) is 15.1 Å². The van der Waals surface area contributed by atoms with Crippen molar-refractivity contribution in [1.82, 2.24) is 15.1 Å². The number of aliphatic hydroxyl groups is 1. The van der Waals surface area contributed by atoms with Gasteiger partial charge in [-0.2, -0.15) is 0 Å². The number of hydrogen-bond donors (Lipinski definition) is 4. The number of aliphatic imine (C=N–C) groups is 1. The summed E-state index contributed by atoms with van der Waals surface area (Å²) in [5.41, 5.74) is 7.23. The molecule has 28 heavy (non-hydrogen) atoms. The summed E-state index contributed by atoms with van der Waals surface area (Å²) in [6, 6.07) is 7.60. The Kier molecular flexibility index (Phi) is 5.93. The van der Waals surface area contributed by atoms with Gasteiger partial charge in [0.2, 0.25) is 0 Å². The normalized spacial score (nSPS) is 21.8. The predicted octanol–water partition coefficient (Wildman–Crippen LogP) is 0.380. The molecule has 1 fully saturated rings. The van der Waals surface area contributed by atoms with Gasteiger partial charge in [0, 0.05) is 26.7 Å². The lowest BCUT2D eigenvalue weighted by molar-refractivity contribution is -0.124. The first-order valence-electron chi connectivity index (χ1n) is 9.43. The van der Waals surface area contributed by atoms with Crippen molar-refractivity contribution >= 4 is 23.7 Å². The van der Waals surface area contributed by atoms with E-state index in [1.165, 1.54) is 11.2 Å². The van der Waals surface area contributed by atoms with E-state index < -0.39 is 11.5 Å². The van der Waals surface area contributed by atoms with Crippen LogP contribution in [0.4, 0.5) is 0 Å². The van der Waals surface area contributed by atoms with Crippen molar-refractivity contribution in [1.29, 1.82) is 5.41 Å². The molecule has 2 aliphatic rings. The van der Waals surface area contributed by atoms with E-state index in [1.807, 2.05) is 31.3 Å². The summed E-state index contributed by atoms with van der Waals surface area (Å²) in [5, 5.41) is 22.2. The van der Waals surface area contributed by atoms with Crippen LogP contribution in [0.3, 0.4) is 0 Å². The molecule has 1 aromatic rings. The van der Waals surface area contributed by atoms with Crippen LogP contribution >= 0.6 is 0 Å². The van der Waals surface area contributed by atoms with Gasteiger partial charge in [0.05, 0.1) is 24.2 Å². The first kappa shape index (κ1) is 20.2. The molecule has 0 atom stereocenters. The van der Waals surface area contributed by atoms with E-state index in [2.05, 4.69) is 15.2 Å². The van der Waals surface area contributed by atoms with Crippen molar-refractivity contribution in [3.63, 3.8) is 0 Å². The number of amides is 1. The van der Waals surface area contributed by atoms with E-state index in [4.69, 9.17) is 11.1 Å². The van der Waals surface area contributed by atoms with Crippen molar-refractivity contribution < 1.29 is 9.90 Å². The molecule has 0 spiro atoms. The van der Waals surface area contributed by atoms with Crippen molar-refractivity contribution in [2.24, 2.45) is 10.7 Å². The molecule has 150 valence electrons. The molecule has 1 saturated heterocycles. The van der Waals surface area contributed by atoms with E-state index in [0.717, 1.165) is 24.2 Å². The molecule has 2 aliphatic heterocycles. The highest BCUT2D eigenvalue weighted by Crippen LogP contribution is 2.25. The van der Waals surface area contributed by atoms with Gasteiger partial charge >= 0.3 is 0 Å². The van der Waals surface area contributed by atoms with E-state index in [0.29, 0.717) is 30.8 Å². The molecule has 2 heterocycles. The van der Waals surface area contributed by atoms with Gasteiger partial charge < -0.3 is 21.1 Å². The second kappa shape index (κ2) is 8.22. The van der Waals surface area contributed by atoms with Crippen LogP contribution in [-0.2, 0) is 11.3 Å². The van der Waals surface area contributed by atoms with Crippen LogP contribution < -0.4 is 11.1 Å². The molecule has 1 amide bonds. The number of likely N-dealkylation sites (tertiary alicyclic amines) is 1. The second-order valence-electron chi connectivity index (χ2n) is 7.45. The summed E-state index contributed by atoms with van der Waals surface area (Å²) in [5.74, 6) is -0.455. The Balaban J connectivity index is 1.84. The number of β-amino-alcohol motifs (C(OH)–C–C–N with tert-alkyl or cyclic N) is 1. The largest absolute Gasteiger partial charge is 0.388 e. The third-order valence-corrected chi connectivity index (χ3v) is 5.39. The van der Waals surface area contributed by atoms with Crippen molar-refractivity contribution in [3.05, 3.63) is 41.1 Å². The standard InChI is InChI=1S/C20H28N6O2/c1-23-17(15-5-3-14(11-21)4-6-15)18-16(22)19(27)26(13-24-18)12-20(28)7-9-25(2)10-8-20/h3-6,13,22-23,28H,7-12,21H2,1-2H3/b18-17+,22-16?. The predicted molar refractivity (Wildman–Crippen MR) is 110 cm³/mol. The topological polar surface area (TPSA) is 118 Å². The number of hydrogen-bond acceptors (Lipinski definition) is 7. The maximum absolute atomic E-state index is 12.8. The molecule has 3 rings (SSSR count). The monoisotopic (exact) mass is 384 g/mol. The maximum atomic E-state index is 12.8. The van der Waals surface area contributed by atoms with E-state index in [-0.39, 0.29) is 12.3 Å². The number of nitrogens with two attached hydrogens (primary N) is 1. The lowest BCUT2D eigenvalue weighted by Crippen LogP contribution is -2.53. The van der Waals surface area contributed by atoms with Gasteiger partial charge in [-0.05, 0) is 31.0 Å². The Hall–Kier alpha value is -2.55. The number of benzene rings is 1. The average Bonchev–Trinajstić information content (AvgIpc) is 2.71. The highest BCUT2D eigenvalue weighted by molar-refractivity contribution is 6.47. The molecule has 0 bridgehead atoms. The van der Waals surface area contributed by atoms with Crippen LogP contribution in [0.5, 0.6) is 0 Å². The molecular weight excluding hydrogens is 356 g/mol. The molecule has 5 N–H and O–H groups in total. The fourth-order valence-corrected chi connectivity index (χ4v) is 3.51. The Morgan fingerprint density at radius 2 is 1.96 bits per heavy atom. The van der Waals surface area contributed by atoms with E-state index in [9.17, 15) is 9.90 Å². The van der Waals surface area contributed by atoms with Crippen molar-refractivity contribution in [3.8, 4) is 0 Å². The smallest absolute Gasteiger partial charge is 0.279 e. The quantitative estimate of drug-likeness (QED) is 0.585. The molecule has 8 heteroatoms. The summed E-state index contributed by atoms with van der Waals surface area (Å²) in [6.45, 7) is 2.16.